The predicted molar refractivity (Wildman–Crippen MR) is 115 cm³/mol. The summed E-state index contributed by atoms with van der Waals surface area (Å²) in [5.41, 5.74) is 3.97. The Morgan fingerprint density at radius 2 is 2.11 bits per heavy atom. The SMILES string of the molecule is C=C/C=C(\C=C)n1c(C(C)C)cc2cccc(C#Cc3cncs3)c2c1=O. The first-order chi connectivity index (χ1) is 13.1. The molecule has 2 aromatic heterocycles. The molecule has 4 heteroatoms. The summed E-state index contributed by atoms with van der Waals surface area (Å²) in [7, 11) is 0. The van der Waals surface area contributed by atoms with Gasteiger partial charge in [-0.2, -0.15) is 0 Å². The van der Waals surface area contributed by atoms with Crippen molar-refractivity contribution in [2.75, 3.05) is 0 Å². The normalized spacial score (nSPS) is 11.3. The number of aromatic nitrogens is 2. The van der Waals surface area contributed by atoms with Crippen molar-refractivity contribution in [1.82, 2.24) is 9.55 Å². The molecule has 0 aliphatic carbocycles. The first-order valence-electron chi connectivity index (χ1n) is 8.61. The third kappa shape index (κ3) is 3.69. The lowest BCUT2D eigenvalue weighted by molar-refractivity contribution is 0.775. The first-order valence-corrected chi connectivity index (χ1v) is 9.49. The van der Waals surface area contributed by atoms with Crippen LogP contribution in [-0.2, 0) is 0 Å². The minimum Gasteiger partial charge on any atom is -0.280 e. The van der Waals surface area contributed by atoms with Crippen LogP contribution in [0, 0.1) is 11.8 Å². The first kappa shape index (κ1) is 18.6. The summed E-state index contributed by atoms with van der Waals surface area (Å²) in [6.07, 6.45) is 6.85. The second-order valence-electron chi connectivity index (χ2n) is 6.28. The van der Waals surface area contributed by atoms with E-state index in [1.54, 1.807) is 34.5 Å². The van der Waals surface area contributed by atoms with Gasteiger partial charge in [0.05, 0.1) is 22.0 Å². The van der Waals surface area contributed by atoms with Crippen molar-refractivity contribution >= 4 is 27.8 Å². The molecule has 0 bridgehead atoms. The van der Waals surface area contributed by atoms with Gasteiger partial charge in [0.25, 0.3) is 5.56 Å². The van der Waals surface area contributed by atoms with Crippen LogP contribution in [0.25, 0.3) is 16.5 Å². The van der Waals surface area contributed by atoms with E-state index in [2.05, 4.69) is 49.9 Å². The Morgan fingerprint density at radius 3 is 2.74 bits per heavy atom. The van der Waals surface area contributed by atoms with E-state index in [1.807, 2.05) is 18.2 Å². The lowest BCUT2D eigenvalue weighted by Gasteiger charge is -2.18. The maximum atomic E-state index is 13.5. The fraction of sp³-hybridized carbons (Fsp3) is 0.130. The highest BCUT2D eigenvalue weighted by Gasteiger charge is 2.15. The zero-order valence-electron chi connectivity index (χ0n) is 15.4. The summed E-state index contributed by atoms with van der Waals surface area (Å²) in [5.74, 6) is 6.40. The van der Waals surface area contributed by atoms with E-state index >= 15 is 0 Å². The van der Waals surface area contributed by atoms with Crippen molar-refractivity contribution < 1.29 is 0 Å². The molecule has 2 heterocycles. The van der Waals surface area contributed by atoms with Crippen LogP contribution in [0.4, 0.5) is 0 Å². The summed E-state index contributed by atoms with van der Waals surface area (Å²) in [5, 5.41) is 1.49. The molecule has 0 fully saturated rings. The minimum atomic E-state index is -0.0987. The molecule has 0 radical (unpaired) electrons. The minimum absolute atomic E-state index is 0.0987. The van der Waals surface area contributed by atoms with Crippen LogP contribution >= 0.6 is 11.3 Å². The Kier molecular flexibility index (Phi) is 5.54. The molecule has 0 spiro atoms. The van der Waals surface area contributed by atoms with Crippen LogP contribution in [-0.4, -0.2) is 9.55 Å². The second-order valence-corrected chi connectivity index (χ2v) is 7.17. The number of allylic oxidation sites excluding steroid dienone is 4. The molecular formula is C23H20N2OS. The van der Waals surface area contributed by atoms with Gasteiger partial charge in [-0.1, -0.05) is 51.1 Å². The molecule has 3 aromatic rings. The van der Waals surface area contributed by atoms with E-state index in [9.17, 15) is 4.79 Å². The fourth-order valence-electron chi connectivity index (χ4n) is 2.94. The molecule has 3 rings (SSSR count). The van der Waals surface area contributed by atoms with E-state index < -0.39 is 0 Å². The van der Waals surface area contributed by atoms with Crippen molar-refractivity contribution in [3.05, 3.63) is 93.8 Å². The summed E-state index contributed by atoms with van der Waals surface area (Å²) in [6.45, 7) is 11.7. The molecule has 3 nitrogen and oxygen atoms in total. The Bertz CT molecular complexity index is 1150. The molecule has 0 amide bonds. The molecule has 0 N–H and O–H groups in total. The Morgan fingerprint density at radius 1 is 1.30 bits per heavy atom. The smallest absolute Gasteiger partial charge is 0.264 e. The summed E-state index contributed by atoms with van der Waals surface area (Å²) in [6, 6.07) is 7.82. The Labute approximate surface area is 163 Å². The molecular weight excluding hydrogens is 352 g/mol. The van der Waals surface area contributed by atoms with Gasteiger partial charge in [0, 0.05) is 17.0 Å². The summed E-state index contributed by atoms with van der Waals surface area (Å²) < 4.78 is 1.71. The molecule has 1 aromatic carbocycles. The zero-order chi connectivity index (χ0) is 19.4. The zero-order valence-corrected chi connectivity index (χ0v) is 16.2. The van der Waals surface area contributed by atoms with Crippen LogP contribution in [0.15, 0.2) is 72.2 Å². The number of pyridine rings is 1. The van der Waals surface area contributed by atoms with E-state index in [1.165, 1.54) is 11.3 Å². The van der Waals surface area contributed by atoms with E-state index in [4.69, 9.17) is 0 Å². The van der Waals surface area contributed by atoms with Crippen molar-refractivity contribution in [1.29, 1.82) is 0 Å². The van der Waals surface area contributed by atoms with Gasteiger partial charge in [-0.25, -0.2) is 0 Å². The van der Waals surface area contributed by atoms with Gasteiger partial charge in [-0.15, -0.1) is 11.3 Å². The summed E-state index contributed by atoms with van der Waals surface area (Å²) >= 11 is 1.47. The van der Waals surface area contributed by atoms with Crippen molar-refractivity contribution in [3.8, 4) is 11.8 Å². The number of fused-ring (bicyclic) bond motifs is 1. The van der Waals surface area contributed by atoms with Crippen molar-refractivity contribution in [2.24, 2.45) is 0 Å². The van der Waals surface area contributed by atoms with E-state index in [0.717, 1.165) is 16.0 Å². The monoisotopic (exact) mass is 372 g/mol. The average Bonchev–Trinajstić information content (AvgIpc) is 3.18. The predicted octanol–water partition coefficient (Wildman–Crippen LogP) is 5.19. The lowest BCUT2D eigenvalue weighted by Crippen LogP contribution is -2.24. The quantitative estimate of drug-likeness (QED) is 0.466. The highest BCUT2D eigenvalue weighted by molar-refractivity contribution is 7.10. The number of benzene rings is 1. The Balaban J connectivity index is 2.36. The molecule has 0 saturated heterocycles. The Hall–Kier alpha value is -3.16. The maximum Gasteiger partial charge on any atom is 0.264 e. The van der Waals surface area contributed by atoms with Crippen LogP contribution in [0.5, 0.6) is 0 Å². The number of hydrogen-bond acceptors (Lipinski definition) is 3. The van der Waals surface area contributed by atoms with Crippen molar-refractivity contribution in [2.45, 2.75) is 19.8 Å². The van der Waals surface area contributed by atoms with E-state index in [0.29, 0.717) is 16.6 Å². The fourth-order valence-corrected chi connectivity index (χ4v) is 3.41. The number of hydrogen-bond donors (Lipinski definition) is 0. The van der Waals surface area contributed by atoms with Gasteiger partial charge in [-0.3, -0.25) is 14.3 Å². The molecule has 27 heavy (non-hydrogen) atoms. The van der Waals surface area contributed by atoms with Gasteiger partial charge >= 0.3 is 0 Å². The third-order valence-corrected chi connectivity index (χ3v) is 4.86. The van der Waals surface area contributed by atoms with Gasteiger partial charge in [0.15, 0.2) is 0 Å². The maximum absolute atomic E-state index is 13.5. The standard InChI is InChI=1S/C23H20N2OS/c1-5-8-19(6-2)25-21(16(3)4)13-18-10-7-9-17(22(18)23(25)26)11-12-20-14-24-15-27-20/h5-10,13-16H,1-2H2,3-4H3/b19-8+. The molecule has 0 unspecified atom stereocenters. The van der Waals surface area contributed by atoms with E-state index in [-0.39, 0.29) is 11.5 Å². The molecule has 0 atom stereocenters. The van der Waals surface area contributed by atoms with Gasteiger partial charge in [0.2, 0.25) is 0 Å². The van der Waals surface area contributed by atoms with Crippen LogP contribution in [0.2, 0.25) is 0 Å². The largest absolute Gasteiger partial charge is 0.280 e. The lowest BCUT2D eigenvalue weighted by atomic mass is 10.0. The molecule has 0 aliphatic rings. The summed E-state index contributed by atoms with van der Waals surface area (Å²) in [4.78, 5) is 18.4. The van der Waals surface area contributed by atoms with Crippen LogP contribution in [0.1, 0.15) is 35.9 Å². The highest BCUT2D eigenvalue weighted by Crippen LogP contribution is 2.24. The van der Waals surface area contributed by atoms with Crippen LogP contribution < -0.4 is 5.56 Å². The second kappa shape index (κ2) is 8.03. The number of nitrogens with zero attached hydrogens (tertiary/aromatic N) is 2. The highest BCUT2D eigenvalue weighted by atomic mass is 32.1. The van der Waals surface area contributed by atoms with Gasteiger partial charge in [-0.05, 0) is 41.5 Å². The number of thiazole rings is 1. The topological polar surface area (TPSA) is 34.9 Å². The molecule has 0 saturated carbocycles. The average molecular weight is 372 g/mol. The van der Waals surface area contributed by atoms with Crippen molar-refractivity contribution in [3.63, 3.8) is 0 Å². The third-order valence-electron chi connectivity index (χ3n) is 4.18. The molecule has 134 valence electrons. The van der Waals surface area contributed by atoms with Gasteiger partial charge < -0.3 is 0 Å². The number of rotatable bonds is 4. The van der Waals surface area contributed by atoms with Gasteiger partial charge in [0.1, 0.15) is 0 Å². The van der Waals surface area contributed by atoms with Crippen LogP contribution in [0.3, 0.4) is 0 Å². The molecule has 0 aliphatic heterocycles.